The second kappa shape index (κ2) is 6.58. The standard InChI is InChI=1S/C15H23BrN2/c1-3-8-17-13-6-9-18(10-7-13)14-5-4-12(2)15(16)11-14/h4-5,11,13,17H,3,6-10H2,1-2H3. The zero-order valence-corrected chi connectivity index (χ0v) is 13.0. The Labute approximate surface area is 119 Å². The van der Waals surface area contributed by atoms with Crippen LogP contribution >= 0.6 is 15.9 Å². The molecular weight excluding hydrogens is 288 g/mol. The first kappa shape index (κ1) is 13.9. The third-order valence-corrected chi connectivity index (χ3v) is 4.55. The number of aryl methyl sites for hydroxylation is 1. The third-order valence-electron chi connectivity index (χ3n) is 3.70. The summed E-state index contributed by atoms with van der Waals surface area (Å²) in [7, 11) is 0. The number of benzene rings is 1. The Bertz CT molecular complexity index is 384. The van der Waals surface area contributed by atoms with Crippen molar-refractivity contribution >= 4 is 21.6 Å². The Morgan fingerprint density at radius 1 is 1.33 bits per heavy atom. The van der Waals surface area contributed by atoms with Crippen molar-refractivity contribution in [2.45, 2.75) is 39.2 Å². The summed E-state index contributed by atoms with van der Waals surface area (Å²) >= 11 is 3.62. The monoisotopic (exact) mass is 310 g/mol. The van der Waals surface area contributed by atoms with Crippen LogP contribution in [-0.2, 0) is 0 Å². The van der Waals surface area contributed by atoms with E-state index in [1.54, 1.807) is 0 Å². The van der Waals surface area contributed by atoms with Gasteiger partial charge in [0.2, 0.25) is 0 Å². The van der Waals surface area contributed by atoms with E-state index in [9.17, 15) is 0 Å². The Morgan fingerprint density at radius 2 is 2.06 bits per heavy atom. The average molecular weight is 311 g/mol. The van der Waals surface area contributed by atoms with Gasteiger partial charge in [-0.2, -0.15) is 0 Å². The van der Waals surface area contributed by atoms with Crippen LogP contribution in [0.4, 0.5) is 5.69 Å². The molecule has 1 saturated heterocycles. The van der Waals surface area contributed by atoms with Crippen LogP contribution < -0.4 is 10.2 Å². The number of rotatable bonds is 4. The second-order valence-corrected chi connectivity index (χ2v) is 6.00. The Morgan fingerprint density at radius 3 is 2.67 bits per heavy atom. The molecule has 1 heterocycles. The van der Waals surface area contributed by atoms with Crippen LogP contribution in [-0.4, -0.2) is 25.7 Å². The Balaban J connectivity index is 1.90. The number of piperidine rings is 1. The highest BCUT2D eigenvalue weighted by Gasteiger charge is 2.18. The van der Waals surface area contributed by atoms with Gasteiger partial charge >= 0.3 is 0 Å². The van der Waals surface area contributed by atoms with Crippen LogP contribution in [0.25, 0.3) is 0 Å². The normalized spacial score (nSPS) is 17.2. The van der Waals surface area contributed by atoms with Crippen LogP contribution in [0.2, 0.25) is 0 Å². The first-order chi connectivity index (χ1) is 8.70. The van der Waals surface area contributed by atoms with E-state index in [1.165, 1.54) is 35.0 Å². The molecule has 0 amide bonds. The largest absolute Gasteiger partial charge is 0.371 e. The first-order valence-electron chi connectivity index (χ1n) is 6.95. The quantitative estimate of drug-likeness (QED) is 0.911. The molecule has 0 saturated carbocycles. The minimum absolute atomic E-state index is 0.718. The maximum atomic E-state index is 3.63. The van der Waals surface area contributed by atoms with Crippen molar-refractivity contribution in [3.63, 3.8) is 0 Å². The maximum absolute atomic E-state index is 3.63. The zero-order valence-electron chi connectivity index (χ0n) is 11.4. The second-order valence-electron chi connectivity index (χ2n) is 5.15. The highest BCUT2D eigenvalue weighted by atomic mass is 79.9. The predicted molar refractivity (Wildman–Crippen MR) is 82.4 cm³/mol. The van der Waals surface area contributed by atoms with Crippen LogP contribution in [0.3, 0.4) is 0 Å². The predicted octanol–water partition coefficient (Wildman–Crippen LogP) is 3.73. The van der Waals surface area contributed by atoms with Crippen molar-refractivity contribution in [3.8, 4) is 0 Å². The van der Waals surface area contributed by atoms with Crippen LogP contribution in [0.5, 0.6) is 0 Å². The maximum Gasteiger partial charge on any atom is 0.0377 e. The van der Waals surface area contributed by atoms with Crippen LogP contribution in [0.15, 0.2) is 22.7 Å². The van der Waals surface area contributed by atoms with E-state index in [1.807, 2.05) is 0 Å². The number of nitrogens with zero attached hydrogens (tertiary/aromatic N) is 1. The number of hydrogen-bond donors (Lipinski definition) is 1. The minimum atomic E-state index is 0.718. The summed E-state index contributed by atoms with van der Waals surface area (Å²) < 4.78 is 1.21. The molecule has 1 aliphatic heterocycles. The lowest BCUT2D eigenvalue weighted by atomic mass is 10.0. The molecule has 0 radical (unpaired) electrons. The van der Waals surface area contributed by atoms with Crippen molar-refractivity contribution in [1.29, 1.82) is 0 Å². The molecule has 1 N–H and O–H groups in total. The molecule has 1 fully saturated rings. The molecule has 0 aliphatic carbocycles. The number of halogens is 1. The molecule has 0 atom stereocenters. The molecule has 0 unspecified atom stereocenters. The van der Waals surface area contributed by atoms with Crippen LogP contribution in [0.1, 0.15) is 31.7 Å². The highest BCUT2D eigenvalue weighted by molar-refractivity contribution is 9.10. The van der Waals surface area contributed by atoms with Gasteiger partial charge in [-0.1, -0.05) is 28.9 Å². The molecule has 0 aromatic heterocycles. The van der Waals surface area contributed by atoms with Gasteiger partial charge in [0, 0.05) is 29.3 Å². The van der Waals surface area contributed by atoms with Crippen LogP contribution in [0, 0.1) is 6.92 Å². The van der Waals surface area contributed by atoms with E-state index < -0.39 is 0 Å². The molecule has 2 nitrogen and oxygen atoms in total. The van der Waals surface area contributed by atoms with E-state index in [2.05, 4.69) is 58.2 Å². The summed E-state index contributed by atoms with van der Waals surface area (Å²) in [5, 5.41) is 3.63. The molecule has 1 aromatic carbocycles. The lowest BCUT2D eigenvalue weighted by Gasteiger charge is -2.34. The van der Waals surface area contributed by atoms with Gasteiger partial charge in [0.25, 0.3) is 0 Å². The molecule has 0 spiro atoms. The fourth-order valence-corrected chi connectivity index (χ4v) is 2.84. The van der Waals surface area contributed by atoms with Gasteiger partial charge in [0.1, 0.15) is 0 Å². The lowest BCUT2D eigenvalue weighted by molar-refractivity contribution is 0.416. The molecule has 1 aliphatic rings. The molecule has 1 aromatic rings. The Hall–Kier alpha value is -0.540. The summed E-state index contributed by atoms with van der Waals surface area (Å²) in [5.74, 6) is 0. The van der Waals surface area contributed by atoms with Gasteiger partial charge in [-0.3, -0.25) is 0 Å². The van der Waals surface area contributed by atoms with Crippen molar-refractivity contribution < 1.29 is 0 Å². The molecule has 0 bridgehead atoms. The molecule has 18 heavy (non-hydrogen) atoms. The molecule has 2 rings (SSSR count). The summed E-state index contributed by atoms with van der Waals surface area (Å²) in [5.41, 5.74) is 2.65. The van der Waals surface area contributed by atoms with Gasteiger partial charge in [0.05, 0.1) is 0 Å². The van der Waals surface area contributed by atoms with Gasteiger partial charge < -0.3 is 10.2 Å². The number of nitrogens with one attached hydrogen (secondary N) is 1. The van der Waals surface area contributed by atoms with Gasteiger partial charge in [-0.15, -0.1) is 0 Å². The summed E-state index contributed by atoms with van der Waals surface area (Å²) in [6.07, 6.45) is 3.74. The topological polar surface area (TPSA) is 15.3 Å². The number of hydrogen-bond acceptors (Lipinski definition) is 2. The zero-order chi connectivity index (χ0) is 13.0. The highest BCUT2D eigenvalue weighted by Crippen LogP contribution is 2.25. The van der Waals surface area contributed by atoms with Crippen molar-refractivity contribution in [1.82, 2.24) is 5.32 Å². The van der Waals surface area contributed by atoms with Crippen molar-refractivity contribution in [2.24, 2.45) is 0 Å². The van der Waals surface area contributed by atoms with E-state index in [4.69, 9.17) is 0 Å². The number of anilines is 1. The summed E-state index contributed by atoms with van der Waals surface area (Å²) in [6, 6.07) is 7.39. The fourth-order valence-electron chi connectivity index (χ4n) is 2.47. The minimum Gasteiger partial charge on any atom is -0.371 e. The van der Waals surface area contributed by atoms with E-state index >= 15 is 0 Å². The van der Waals surface area contributed by atoms with E-state index in [0.717, 1.165) is 25.7 Å². The fraction of sp³-hybridized carbons (Fsp3) is 0.600. The SMILES string of the molecule is CCCNC1CCN(c2ccc(C)c(Br)c2)CC1. The van der Waals surface area contributed by atoms with Crippen molar-refractivity contribution in [3.05, 3.63) is 28.2 Å². The van der Waals surface area contributed by atoms with Gasteiger partial charge in [-0.25, -0.2) is 0 Å². The third kappa shape index (κ3) is 3.48. The first-order valence-corrected chi connectivity index (χ1v) is 7.74. The smallest absolute Gasteiger partial charge is 0.0377 e. The van der Waals surface area contributed by atoms with Gasteiger partial charge in [-0.05, 0) is 50.4 Å². The van der Waals surface area contributed by atoms with E-state index in [0.29, 0.717) is 0 Å². The molecular formula is C15H23BrN2. The van der Waals surface area contributed by atoms with Crippen molar-refractivity contribution in [2.75, 3.05) is 24.5 Å². The molecule has 3 heteroatoms. The molecule has 100 valence electrons. The summed E-state index contributed by atoms with van der Waals surface area (Å²) in [6.45, 7) is 7.84. The lowest BCUT2D eigenvalue weighted by Crippen LogP contribution is -2.42. The van der Waals surface area contributed by atoms with E-state index in [-0.39, 0.29) is 0 Å². The average Bonchev–Trinajstić information content (AvgIpc) is 2.40. The Kier molecular flexibility index (Phi) is 5.07. The summed E-state index contributed by atoms with van der Waals surface area (Å²) in [4.78, 5) is 2.49. The van der Waals surface area contributed by atoms with Gasteiger partial charge in [0.15, 0.2) is 0 Å².